The summed E-state index contributed by atoms with van der Waals surface area (Å²) in [5.41, 5.74) is 6.38. The summed E-state index contributed by atoms with van der Waals surface area (Å²) in [7, 11) is 0. The fourth-order valence-electron chi connectivity index (χ4n) is 5.03. The van der Waals surface area contributed by atoms with Gasteiger partial charge in [-0.25, -0.2) is 0 Å². The van der Waals surface area contributed by atoms with Crippen LogP contribution >= 0.6 is 0 Å². The lowest BCUT2D eigenvalue weighted by Crippen LogP contribution is -1.92. The van der Waals surface area contributed by atoms with Gasteiger partial charge >= 0.3 is 0 Å². The van der Waals surface area contributed by atoms with E-state index in [2.05, 4.69) is 121 Å². The maximum Gasteiger partial charge on any atom is 0.143 e. The van der Waals surface area contributed by atoms with Gasteiger partial charge in [0, 0.05) is 32.9 Å². The molecule has 0 aliphatic heterocycles. The Morgan fingerprint density at radius 2 is 1.24 bits per heavy atom. The zero-order valence-electron chi connectivity index (χ0n) is 18.5. The summed E-state index contributed by atoms with van der Waals surface area (Å²) >= 11 is 0. The van der Waals surface area contributed by atoms with Crippen molar-refractivity contribution in [1.82, 2.24) is 0 Å². The van der Waals surface area contributed by atoms with Gasteiger partial charge in [-0.05, 0) is 46.2 Å². The van der Waals surface area contributed by atoms with Crippen molar-refractivity contribution in [2.45, 2.75) is 0 Å². The number of furan rings is 1. The second-order valence-corrected chi connectivity index (χ2v) is 8.68. The van der Waals surface area contributed by atoms with Crippen molar-refractivity contribution < 1.29 is 4.42 Å². The zero-order chi connectivity index (χ0) is 22.5. The molecule has 1 N–H and O–H groups in total. The number of anilines is 2. The SMILES string of the molecule is c1ccc(-c2cccc(Nc3cc4c(oc5ccc6ccccc6c54)c4ccccc34)c2)cc1. The third kappa shape index (κ3) is 2.96. The van der Waals surface area contributed by atoms with Crippen LogP contribution in [-0.2, 0) is 0 Å². The second-order valence-electron chi connectivity index (χ2n) is 8.68. The smallest absolute Gasteiger partial charge is 0.143 e. The van der Waals surface area contributed by atoms with E-state index in [0.29, 0.717) is 0 Å². The Balaban J connectivity index is 1.46. The first-order valence-corrected chi connectivity index (χ1v) is 11.5. The highest BCUT2D eigenvalue weighted by Gasteiger charge is 2.16. The molecule has 0 aliphatic rings. The minimum atomic E-state index is 0.919. The molecule has 0 fully saturated rings. The molecule has 160 valence electrons. The number of benzene rings is 6. The van der Waals surface area contributed by atoms with Gasteiger partial charge in [0.1, 0.15) is 11.2 Å². The second kappa shape index (κ2) is 7.50. The molecule has 0 saturated heterocycles. The van der Waals surface area contributed by atoms with E-state index in [-0.39, 0.29) is 0 Å². The maximum absolute atomic E-state index is 6.43. The molecule has 0 radical (unpaired) electrons. The first-order valence-electron chi connectivity index (χ1n) is 11.5. The van der Waals surface area contributed by atoms with E-state index in [9.17, 15) is 0 Å². The molecule has 0 saturated carbocycles. The number of hydrogen-bond acceptors (Lipinski definition) is 2. The summed E-state index contributed by atoms with van der Waals surface area (Å²) < 4.78 is 6.43. The van der Waals surface area contributed by atoms with Crippen LogP contribution in [0.25, 0.3) is 54.6 Å². The van der Waals surface area contributed by atoms with Crippen LogP contribution < -0.4 is 5.32 Å². The number of hydrogen-bond donors (Lipinski definition) is 1. The fourth-order valence-corrected chi connectivity index (χ4v) is 5.03. The molecule has 2 heteroatoms. The van der Waals surface area contributed by atoms with Crippen molar-refractivity contribution in [2.24, 2.45) is 0 Å². The largest absolute Gasteiger partial charge is 0.455 e. The highest BCUT2D eigenvalue weighted by Crippen LogP contribution is 2.41. The van der Waals surface area contributed by atoms with Crippen LogP contribution in [0.3, 0.4) is 0 Å². The standard InChI is InChI=1S/C32H21NO/c1-2-9-21(10-3-1)23-12-8-13-24(19-23)33-29-20-28-31-25-14-5-4-11-22(25)17-18-30(31)34-32(28)27-16-7-6-15-26(27)29/h1-20,33H. The van der Waals surface area contributed by atoms with E-state index in [1.54, 1.807) is 0 Å². The summed E-state index contributed by atoms with van der Waals surface area (Å²) in [6.45, 7) is 0. The molecule has 0 unspecified atom stereocenters. The lowest BCUT2D eigenvalue weighted by Gasteiger charge is -2.12. The molecule has 0 spiro atoms. The summed E-state index contributed by atoms with van der Waals surface area (Å²) in [5, 5.41) is 10.7. The lowest BCUT2D eigenvalue weighted by atomic mass is 10.00. The van der Waals surface area contributed by atoms with Gasteiger partial charge in [-0.2, -0.15) is 0 Å². The summed E-state index contributed by atoms with van der Waals surface area (Å²) in [6.07, 6.45) is 0. The van der Waals surface area contributed by atoms with Gasteiger partial charge in [-0.15, -0.1) is 0 Å². The van der Waals surface area contributed by atoms with Crippen LogP contribution in [0.1, 0.15) is 0 Å². The Hall–Kier alpha value is -4.56. The Bertz CT molecular complexity index is 1830. The Morgan fingerprint density at radius 3 is 2.12 bits per heavy atom. The molecule has 0 bridgehead atoms. The van der Waals surface area contributed by atoms with Crippen LogP contribution in [-0.4, -0.2) is 0 Å². The molecular weight excluding hydrogens is 414 g/mol. The Labute approximate surface area is 197 Å². The number of nitrogens with one attached hydrogen (secondary N) is 1. The van der Waals surface area contributed by atoms with Crippen molar-refractivity contribution in [3.8, 4) is 11.1 Å². The third-order valence-corrected chi connectivity index (χ3v) is 6.62. The molecule has 7 rings (SSSR count). The van der Waals surface area contributed by atoms with Gasteiger partial charge in [0.15, 0.2) is 0 Å². The predicted octanol–water partition coefficient (Wildman–Crippen LogP) is 9.30. The van der Waals surface area contributed by atoms with Crippen LogP contribution in [0.5, 0.6) is 0 Å². The molecular formula is C32H21NO. The van der Waals surface area contributed by atoms with E-state index >= 15 is 0 Å². The van der Waals surface area contributed by atoms with Crippen LogP contribution in [0, 0.1) is 0 Å². The van der Waals surface area contributed by atoms with Crippen molar-refractivity contribution >= 4 is 54.9 Å². The minimum Gasteiger partial charge on any atom is -0.455 e. The average molecular weight is 436 g/mol. The highest BCUT2D eigenvalue weighted by atomic mass is 16.3. The lowest BCUT2D eigenvalue weighted by molar-refractivity contribution is 0.673. The third-order valence-electron chi connectivity index (χ3n) is 6.62. The normalized spacial score (nSPS) is 11.5. The highest BCUT2D eigenvalue weighted by molar-refractivity contribution is 6.25. The van der Waals surface area contributed by atoms with Crippen LogP contribution in [0.4, 0.5) is 11.4 Å². The van der Waals surface area contributed by atoms with Gasteiger partial charge in [0.2, 0.25) is 0 Å². The van der Waals surface area contributed by atoms with E-state index in [4.69, 9.17) is 4.42 Å². The van der Waals surface area contributed by atoms with Crippen molar-refractivity contribution in [3.63, 3.8) is 0 Å². The minimum absolute atomic E-state index is 0.919. The number of fused-ring (bicyclic) bond motifs is 7. The van der Waals surface area contributed by atoms with E-state index in [0.717, 1.165) is 38.7 Å². The van der Waals surface area contributed by atoms with E-state index < -0.39 is 0 Å². The van der Waals surface area contributed by atoms with Crippen molar-refractivity contribution in [2.75, 3.05) is 5.32 Å². The van der Waals surface area contributed by atoms with Gasteiger partial charge in [-0.1, -0.05) is 97.1 Å². The first kappa shape index (κ1) is 19.0. The molecule has 0 aliphatic carbocycles. The fraction of sp³-hybridized carbons (Fsp3) is 0. The number of rotatable bonds is 3. The maximum atomic E-state index is 6.43. The van der Waals surface area contributed by atoms with Crippen molar-refractivity contribution in [3.05, 3.63) is 121 Å². The predicted molar refractivity (Wildman–Crippen MR) is 144 cm³/mol. The molecule has 0 atom stereocenters. The van der Waals surface area contributed by atoms with Gasteiger partial charge < -0.3 is 9.73 Å². The van der Waals surface area contributed by atoms with E-state index in [1.807, 2.05) is 6.07 Å². The van der Waals surface area contributed by atoms with Gasteiger partial charge in [0.25, 0.3) is 0 Å². The van der Waals surface area contributed by atoms with Gasteiger partial charge in [-0.3, -0.25) is 0 Å². The average Bonchev–Trinajstić information content (AvgIpc) is 3.29. The van der Waals surface area contributed by atoms with Crippen molar-refractivity contribution in [1.29, 1.82) is 0 Å². The molecule has 0 amide bonds. The zero-order valence-corrected chi connectivity index (χ0v) is 18.5. The molecule has 2 nitrogen and oxygen atoms in total. The molecule has 1 heterocycles. The summed E-state index contributed by atoms with van der Waals surface area (Å²) in [6, 6.07) is 42.5. The first-order chi connectivity index (χ1) is 16.8. The monoisotopic (exact) mass is 435 g/mol. The quantitative estimate of drug-likeness (QED) is 0.299. The molecule has 6 aromatic carbocycles. The van der Waals surface area contributed by atoms with Crippen LogP contribution in [0.2, 0.25) is 0 Å². The molecule has 34 heavy (non-hydrogen) atoms. The molecule has 7 aromatic rings. The summed E-state index contributed by atoms with van der Waals surface area (Å²) in [4.78, 5) is 0. The van der Waals surface area contributed by atoms with Gasteiger partial charge in [0.05, 0.1) is 0 Å². The molecule has 1 aromatic heterocycles. The summed E-state index contributed by atoms with van der Waals surface area (Å²) in [5.74, 6) is 0. The van der Waals surface area contributed by atoms with Crippen LogP contribution in [0.15, 0.2) is 126 Å². The topological polar surface area (TPSA) is 25.2 Å². The Kier molecular flexibility index (Phi) is 4.18. The van der Waals surface area contributed by atoms with E-state index in [1.165, 1.54) is 27.3 Å². The Morgan fingerprint density at radius 1 is 0.500 bits per heavy atom.